The van der Waals surface area contributed by atoms with Gasteiger partial charge in [0, 0.05) is 45.0 Å². The van der Waals surface area contributed by atoms with Crippen LogP contribution in [0.4, 0.5) is 4.79 Å². The first-order valence-corrected chi connectivity index (χ1v) is 23.3. The fourth-order valence-electron chi connectivity index (χ4n) is 8.84. The van der Waals surface area contributed by atoms with Gasteiger partial charge < -0.3 is 33.2 Å². The number of aromatic nitrogens is 5. The van der Waals surface area contributed by atoms with E-state index in [4.69, 9.17) is 28.9 Å². The number of para-hydroxylation sites is 2. The summed E-state index contributed by atoms with van der Waals surface area (Å²) in [6.45, 7) is 3.95. The van der Waals surface area contributed by atoms with Crippen LogP contribution in [-0.2, 0) is 66.0 Å². The molecule has 65 heavy (non-hydrogen) atoms. The van der Waals surface area contributed by atoms with E-state index in [1.165, 1.54) is 21.6 Å². The highest BCUT2D eigenvalue weighted by Gasteiger charge is 2.51. The van der Waals surface area contributed by atoms with Gasteiger partial charge in [-0.3, -0.25) is 9.59 Å². The van der Waals surface area contributed by atoms with Crippen LogP contribution in [0.25, 0.3) is 44.6 Å². The minimum absolute atomic E-state index is 0.0686. The summed E-state index contributed by atoms with van der Waals surface area (Å²) in [5.74, 6) is -0.952. The standard InChI is InChI=1S/C28H23N3O6S2.C20H16N2O4/c1-2-28(37-27(34)35-11-12-38-39-23-9-5-6-10-29-23)20-14-22-24-18(13-17-7-3-4-8-21(17)30-24)15-31(22)25(32)19(20)16-36-26(28)33;1-2-20(25)14-8-16-17-12(7-11-5-3-4-6-15(11)21-17)9-22(16)18(23)13(14)10-26-19(20)24/h3-10,13-14H,2,11-12,15-16H2,1H3;3-8,25H,2,9-10H2,1H3/t28-;20-/m00/s1. The van der Waals surface area contributed by atoms with E-state index in [1.807, 2.05) is 78.9 Å². The number of nitrogens with zero attached hydrogens (tertiary/aromatic N) is 5. The molecule has 0 amide bonds. The summed E-state index contributed by atoms with van der Waals surface area (Å²) in [5.41, 5.74) is 3.27. The number of hydrogen-bond donors (Lipinski definition) is 1. The van der Waals surface area contributed by atoms with Crippen LogP contribution in [0.5, 0.6) is 0 Å². The van der Waals surface area contributed by atoms with Crippen molar-refractivity contribution in [3.8, 4) is 22.8 Å². The highest BCUT2D eigenvalue weighted by atomic mass is 33.1. The molecule has 2 aromatic carbocycles. The van der Waals surface area contributed by atoms with Gasteiger partial charge in [-0.15, -0.1) is 0 Å². The molecule has 0 radical (unpaired) electrons. The van der Waals surface area contributed by atoms with Gasteiger partial charge in [0.05, 0.1) is 58.0 Å². The van der Waals surface area contributed by atoms with Gasteiger partial charge in [0.25, 0.3) is 11.1 Å². The molecule has 17 heteroatoms. The van der Waals surface area contributed by atoms with Gasteiger partial charge in [0.2, 0.25) is 5.60 Å². The molecule has 0 spiro atoms. The molecule has 0 aliphatic carbocycles. The van der Waals surface area contributed by atoms with Crippen molar-refractivity contribution >= 4 is 61.5 Å². The summed E-state index contributed by atoms with van der Waals surface area (Å²) in [6, 6.07) is 28.7. The molecule has 1 N–H and O–H groups in total. The number of pyridine rings is 5. The zero-order chi connectivity index (χ0) is 45.0. The first kappa shape index (κ1) is 42.1. The topological polar surface area (TPSA) is 191 Å². The minimum atomic E-state index is -1.80. The van der Waals surface area contributed by atoms with Gasteiger partial charge >= 0.3 is 18.1 Å². The molecule has 9 heterocycles. The van der Waals surface area contributed by atoms with E-state index in [0.29, 0.717) is 52.6 Å². The average Bonchev–Trinajstić information content (AvgIpc) is 3.87. The lowest BCUT2D eigenvalue weighted by molar-refractivity contribution is -0.175. The number of cyclic esters (lactones) is 2. The molecule has 0 fully saturated rings. The monoisotopic (exact) mass is 909 g/mol. The van der Waals surface area contributed by atoms with Crippen LogP contribution in [0.1, 0.15) is 60.1 Å². The molecule has 15 nitrogen and oxygen atoms in total. The molecule has 4 aliphatic heterocycles. The number of aliphatic hydroxyl groups is 1. The van der Waals surface area contributed by atoms with Crippen molar-refractivity contribution in [2.45, 2.75) is 69.2 Å². The Morgan fingerprint density at radius 1 is 0.738 bits per heavy atom. The highest BCUT2D eigenvalue weighted by Crippen LogP contribution is 2.42. The number of rotatable bonds is 8. The van der Waals surface area contributed by atoms with Crippen LogP contribution >= 0.6 is 21.6 Å². The summed E-state index contributed by atoms with van der Waals surface area (Å²) >= 11 is 0. The van der Waals surface area contributed by atoms with Gasteiger partial charge in [-0.2, -0.15) is 0 Å². The second-order valence-corrected chi connectivity index (χ2v) is 18.3. The van der Waals surface area contributed by atoms with Crippen LogP contribution in [-0.4, -0.2) is 59.6 Å². The Kier molecular flexibility index (Phi) is 10.8. The quantitative estimate of drug-likeness (QED) is 0.0699. The molecule has 328 valence electrons. The Labute approximate surface area is 378 Å². The molecule has 0 saturated heterocycles. The molecule has 0 bridgehead atoms. The molecular weight excluding hydrogens is 871 g/mol. The van der Waals surface area contributed by atoms with Gasteiger partial charge in [-0.25, -0.2) is 29.3 Å². The van der Waals surface area contributed by atoms with Crippen molar-refractivity contribution in [2.75, 3.05) is 12.4 Å². The molecule has 7 aromatic rings. The third-order valence-electron chi connectivity index (χ3n) is 12.2. The lowest BCUT2D eigenvalue weighted by Gasteiger charge is -2.35. The van der Waals surface area contributed by atoms with Crippen molar-refractivity contribution in [2.24, 2.45) is 0 Å². The van der Waals surface area contributed by atoms with E-state index in [2.05, 4.69) is 4.98 Å². The normalized spacial score (nSPS) is 18.5. The largest absolute Gasteiger partial charge is 0.509 e. The summed E-state index contributed by atoms with van der Waals surface area (Å²) < 4.78 is 24.7. The maximum atomic E-state index is 13.6. The Morgan fingerprint density at radius 3 is 1.89 bits per heavy atom. The van der Waals surface area contributed by atoms with E-state index in [0.717, 1.165) is 43.7 Å². The third-order valence-corrected chi connectivity index (χ3v) is 14.5. The number of esters is 2. The highest BCUT2D eigenvalue weighted by molar-refractivity contribution is 8.76. The second-order valence-electron chi connectivity index (χ2n) is 15.8. The Morgan fingerprint density at radius 2 is 1.31 bits per heavy atom. The Hall–Kier alpha value is -6.82. The maximum absolute atomic E-state index is 13.6. The predicted molar refractivity (Wildman–Crippen MR) is 242 cm³/mol. The van der Waals surface area contributed by atoms with Gasteiger partial charge in [-0.05, 0) is 72.2 Å². The third kappa shape index (κ3) is 7.14. The summed E-state index contributed by atoms with van der Waals surface area (Å²) in [7, 11) is 2.94. The maximum Gasteiger partial charge on any atom is 0.509 e. The lowest BCUT2D eigenvalue weighted by Crippen LogP contribution is -2.47. The van der Waals surface area contributed by atoms with E-state index in [9.17, 15) is 29.1 Å². The second kappa shape index (κ2) is 16.6. The van der Waals surface area contributed by atoms with Crippen LogP contribution in [0.3, 0.4) is 0 Å². The van der Waals surface area contributed by atoms with Crippen LogP contribution in [0.15, 0.2) is 112 Å². The molecule has 0 unspecified atom stereocenters. The average molecular weight is 910 g/mol. The number of ether oxygens (including phenoxy) is 4. The number of carbonyl (C=O) groups excluding carboxylic acids is 3. The first-order valence-electron chi connectivity index (χ1n) is 21.0. The Bertz CT molecular complexity index is 3250. The zero-order valence-corrected chi connectivity index (χ0v) is 36.7. The minimum Gasteiger partial charge on any atom is -0.458 e. The van der Waals surface area contributed by atoms with Crippen LogP contribution in [0, 0.1) is 0 Å². The van der Waals surface area contributed by atoms with Crippen molar-refractivity contribution in [3.05, 3.63) is 151 Å². The molecule has 2 atom stereocenters. The summed E-state index contributed by atoms with van der Waals surface area (Å²) in [5, 5.41) is 13.7. The summed E-state index contributed by atoms with van der Waals surface area (Å²) in [4.78, 5) is 78.4. The fraction of sp³-hybridized carbons (Fsp3) is 0.250. The van der Waals surface area contributed by atoms with Crippen LogP contribution in [0.2, 0.25) is 0 Å². The van der Waals surface area contributed by atoms with Crippen molar-refractivity contribution < 1.29 is 38.4 Å². The zero-order valence-electron chi connectivity index (χ0n) is 35.1. The molecular formula is C48H39N5O10S2. The predicted octanol–water partition coefficient (Wildman–Crippen LogP) is 7.16. The van der Waals surface area contributed by atoms with Gasteiger partial charge in [0.15, 0.2) is 5.60 Å². The number of hydrogen-bond acceptors (Lipinski definition) is 15. The fourth-order valence-corrected chi connectivity index (χ4v) is 10.5. The molecule has 5 aromatic heterocycles. The number of carbonyl (C=O) groups is 3. The molecule has 4 aliphatic rings. The van der Waals surface area contributed by atoms with Crippen molar-refractivity contribution in [3.63, 3.8) is 0 Å². The van der Waals surface area contributed by atoms with E-state index in [1.54, 1.807) is 41.3 Å². The smallest absolute Gasteiger partial charge is 0.458 e. The van der Waals surface area contributed by atoms with Crippen molar-refractivity contribution in [1.82, 2.24) is 24.1 Å². The molecule has 11 rings (SSSR count). The SMILES string of the molecule is CC[C@@]1(O)C(=O)OCc2c1cc1n(c2=O)Cc2cc3ccccc3nc2-1.CC[C@@]1(OC(=O)OCCSSc2ccccn2)C(=O)OCc2c1cc1n(c2=O)Cc2cc3ccccc3nc2-1. The van der Waals surface area contributed by atoms with E-state index in [-0.39, 0.29) is 49.3 Å². The summed E-state index contributed by atoms with van der Waals surface area (Å²) in [6.07, 6.45) is 0.911. The van der Waals surface area contributed by atoms with Gasteiger partial charge in [-0.1, -0.05) is 67.1 Å². The number of benzene rings is 2. The molecule has 0 saturated carbocycles. The lowest BCUT2D eigenvalue weighted by atomic mass is 9.85. The van der Waals surface area contributed by atoms with Gasteiger partial charge in [0.1, 0.15) is 24.8 Å². The Balaban J connectivity index is 0.000000166. The van der Waals surface area contributed by atoms with Crippen molar-refractivity contribution in [1.29, 1.82) is 0 Å². The number of fused-ring (bicyclic) bond motifs is 10. The van der Waals surface area contributed by atoms with Crippen LogP contribution < -0.4 is 11.1 Å². The first-order chi connectivity index (χ1) is 31.5. The van der Waals surface area contributed by atoms with E-state index >= 15 is 0 Å². The van der Waals surface area contributed by atoms with E-state index < -0.39 is 29.3 Å².